The van der Waals surface area contributed by atoms with Crippen molar-refractivity contribution in [2.24, 2.45) is 0 Å². The fourth-order valence-electron chi connectivity index (χ4n) is 5.32. The first-order valence-corrected chi connectivity index (χ1v) is 14.1. The molecule has 3 aromatic rings. The molecular weight excluding hydrogens is 660 g/mol. The first kappa shape index (κ1) is 35.8. The van der Waals surface area contributed by atoms with E-state index >= 15 is 0 Å². The summed E-state index contributed by atoms with van der Waals surface area (Å²) in [6.45, 7) is 0.962. The Bertz CT molecular complexity index is 1650. The van der Waals surface area contributed by atoms with Gasteiger partial charge in [0, 0.05) is 43.0 Å². The Balaban J connectivity index is 0.000000671. The second-order valence-electron chi connectivity index (χ2n) is 10.8. The number of hydrogen-bond acceptors (Lipinski definition) is 6. The molecule has 5 rings (SSSR count). The van der Waals surface area contributed by atoms with Gasteiger partial charge in [-0.05, 0) is 67.4 Å². The summed E-state index contributed by atoms with van der Waals surface area (Å²) < 4.78 is 100. The van der Waals surface area contributed by atoms with E-state index in [9.17, 15) is 49.5 Å². The minimum absolute atomic E-state index is 0.155. The van der Waals surface area contributed by atoms with Gasteiger partial charge in [0.05, 0.1) is 6.67 Å². The van der Waals surface area contributed by atoms with Gasteiger partial charge in [-0.2, -0.15) is 13.2 Å². The van der Waals surface area contributed by atoms with Crippen LogP contribution in [0.15, 0.2) is 60.7 Å². The highest BCUT2D eigenvalue weighted by Gasteiger charge is 2.50. The lowest BCUT2D eigenvalue weighted by atomic mass is 9.85. The average molecular weight is 687 g/mol. The number of halogens is 8. The molecule has 48 heavy (non-hydrogen) atoms. The molecule has 0 unspecified atom stereocenters. The van der Waals surface area contributed by atoms with E-state index < -0.39 is 58.6 Å². The molecule has 1 spiro atoms. The summed E-state index contributed by atoms with van der Waals surface area (Å²) in [5.41, 5.74) is -0.929. The van der Waals surface area contributed by atoms with Crippen LogP contribution in [-0.2, 0) is 9.59 Å². The van der Waals surface area contributed by atoms with Crippen molar-refractivity contribution in [1.29, 1.82) is 0 Å². The SMILES string of the molecule is O=C(O)C(F)(F)F.O=C(c1ccc(F)c(F)c1)N(CCN1CCC2(CC1)C(=O)NCN2c1cccc(F)c1)C(=O)c1ccc(F)c(F)c1. The number of carboxylic acid groups (broad SMARTS) is 1. The highest BCUT2D eigenvalue weighted by Crippen LogP contribution is 2.36. The maximum Gasteiger partial charge on any atom is 0.490 e. The van der Waals surface area contributed by atoms with Crippen LogP contribution in [0.25, 0.3) is 0 Å². The molecule has 2 saturated heterocycles. The molecular formula is C31H26F8N4O5. The van der Waals surface area contributed by atoms with E-state index in [0.717, 1.165) is 29.2 Å². The molecule has 0 radical (unpaired) electrons. The molecule has 9 nitrogen and oxygen atoms in total. The number of alkyl halides is 3. The van der Waals surface area contributed by atoms with E-state index in [0.29, 0.717) is 43.8 Å². The third-order valence-corrected chi connectivity index (χ3v) is 7.85. The van der Waals surface area contributed by atoms with Crippen LogP contribution in [0.5, 0.6) is 0 Å². The predicted octanol–water partition coefficient (Wildman–Crippen LogP) is 4.73. The zero-order valence-corrected chi connectivity index (χ0v) is 24.7. The monoisotopic (exact) mass is 686 g/mol. The van der Waals surface area contributed by atoms with Crippen LogP contribution in [0.3, 0.4) is 0 Å². The maximum atomic E-state index is 13.9. The van der Waals surface area contributed by atoms with E-state index in [1.165, 1.54) is 12.1 Å². The molecule has 0 aromatic heterocycles. The number of piperidine rings is 1. The van der Waals surface area contributed by atoms with Crippen LogP contribution in [0, 0.1) is 29.1 Å². The van der Waals surface area contributed by atoms with Crippen LogP contribution in [0.4, 0.5) is 40.8 Å². The lowest BCUT2D eigenvalue weighted by molar-refractivity contribution is -0.192. The number of carbonyl (C=O) groups is 4. The van der Waals surface area contributed by atoms with E-state index in [1.54, 1.807) is 12.1 Å². The van der Waals surface area contributed by atoms with E-state index in [1.807, 2.05) is 9.80 Å². The minimum atomic E-state index is -5.08. The number of rotatable bonds is 6. The number of nitrogens with one attached hydrogen (secondary N) is 1. The zero-order valence-electron chi connectivity index (χ0n) is 24.7. The Morgan fingerprint density at radius 3 is 1.79 bits per heavy atom. The molecule has 2 heterocycles. The zero-order chi connectivity index (χ0) is 35.4. The summed E-state index contributed by atoms with van der Waals surface area (Å²) in [6.07, 6.45) is -4.33. The Hall–Kier alpha value is -5.06. The van der Waals surface area contributed by atoms with Crippen molar-refractivity contribution in [2.75, 3.05) is 37.7 Å². The second kappa shape index (κ2) is 14.4. The Morgan fingerprint density at radius 2 is 1.33 bits per heavy atom. The minimum Gasteiger partial charge on any atom is -0.475 e. The Labute approximate surface area is 267 Å². The van der Waals surface area contributed by atoms with Crippen LogP contribution in [-0.4, -0.2) is 83.2 Å². The third kappa shape index (κ3) is 7.90. The molecule has 0 atom stereocenters. The molecule has 3 amide bonds. The van der Waals surface area contributed by atoms with Gasteiger partial charge in [0.25, 0.3) is 11.8 Å². The van der Waals surface area contributed by atoms with Crippen molar-refractivity contribution >= 4 is 29.4 Å². The number of likely N-dealkylation sites (tertiary alicyclic amines) is 1. The molecule has 0 bridgehead atoms. The van der Waals surface area contributed by atoms with Crippen molar-refractivity contribution in [2.45, 2.75) is 24.6 Å². The summed E-state index contributed by atoms with van der Waals surface area (Å²) in [5, 5.41) is 9.96. The van der Waals surface area contributed by atoms with Crippen molar-refractivity contribution in [3.63, 3.8) is 0 Å². The number of nitrogens with zero attached hydrogens (tertiary/aromatic N) is 3. The summed E-state index contributed by atoms with van der Waals surface area (Å²) in [5.74, 6) is -10.2. The molecule has 3 aromatic carbocycles. The summed E-state index contributed by atoms with van der Waals surface area (Å²) in [6, 6.07) is 10.9. The van der Waals surface area contributed by atoms with E-state index in [4.69, 9.17) is 9.90 Å². The normalized spacial score (nSPS) is 15.8. The van der Waals surface area contributed by atoms with Crippen molar-refractivity contribution < 1.29 is 59.4 Å². The number of hydrogen-bond donors (Lipinski definition) is 2. The number of aliphatic carboxylic acids is 1. The average Bonchev–Trinajstić information content (AvgIpc) is 3.35. The van der Waals surface area contributed by atoms with Gasteiger partial charge in [0.1, 0.15) is 11.4 Å². The molecule has 0 saturated carbocycles. The van der Waals surface area contributed by atoms with E-state index in [-0.39, 0.29) is 36.8 Å². The predicted molar refractivity (Wildman–Crippen MR) is 152 cm³/mol. The highest BCUT2D eigenvalue weighted by molar-refractivity contribution is 6.10. The summed E-state index contributed by atoms with van der Waals surface area (Å²) in [4.78, 5) is 52.9. The number of carboxylic acids is 1. The van der Waals surface area contributed by atoms with Crippen LogP contribution >= 0.6 is 0 Å². The number of imide groups is 1. The number of anilines is 1. The topological polar surface area (TPSA) is 110 Å². The van der Waals surface area contributed by atoms with Crippen molar-refractivity contribution in [3.8, 4) is 0 Å². The molecule has 17 heteroatoms. The van der Waals surface area contributed by atoms with Crippen molar-refractivity contribution in [3.05, 3.63) is 101 Å². The highest BCUT2D eigenvalue weighted by atomic mass is 19.4. The van der Waals surface area contributed by atoms with Crippen molar-refractivity contribution in [1.82, 2.24) is 15.1 Å². The van der Waals surface area contributed by atoms with Gasteiger partial charge in [-0.1, -0.05) is 6.07 Å². The third-order valence-electron chi connectivity index (χ3n) is 7.85. The van der Waals surface area contributed by atoms with Crippen LogP contribution < -0.4 is 10.2 Å². The van der Waals surface area contributed by atoms with Gasteiger partial charge < -0.3 is 20.2 Å². The standard InChI is InChI=1S/C29H25F5N4O3.C2HF3O2/c30-20-2-1-3-21(16-20)38-17-35-28(41)29(38)8-10-36(11-9-29)12-13-37(26(39)18-4-6-22(31)24(33)14-18)27(40)19-5-7-23(32)25(34)15-19;3-2(4,5)1(6)7/h1-7,14-16H,8-13,17H2,(H,35,41);(H,6,7). The van der Waals surface area contributed by atoms with Crippen LogP contribution in [0.2, 0.25) is 0 Å². The fraction of sp³-hybridized carbons (Fsp3) is 0.290. The molecule has 0 aliphatic carbocycles. The molecule has 2 N–H and O–H groups in total. The Kier molecular flexibility index (Phi) is 10.7. The molecule has 2 aliphatic rings. The summed E-state index contributed by atoms with van der Waals surface area (Å²) in [7, 11) is 0. The summed E-state index contributed by atoms with van der Waals surface area (Å²) >= 11 is 0. The number of carbonyl (C=O) groups excluding carboxylic acids is 3. The molecule has 2 aliphatic heterocycles. The van der Waals surface area contributed by atoms with E-state index in [2.05, 4.69) is 5.32 Å². The van der Waals surface area contributed by atoms with Gasteiger partial charge in [0.2, 0.25) is 5.91 Å². The van der Waals surface area contributed by atoms with Crippen LogP contribution in [0.1, 0.15) is 33.6 Å². The van der Waals surface area contributed by atoms with Gasteiger partial charge in [-0.15, -0.1) is 0 Å². The lowest BCUT2D eigenvalue weighted by Crippen LogP contribution is -2.57. The Morgan fingerprint density at radius 1 is 0.812 bits per heavy atom. The number of amides is 3. The maximum absolute atomic E-state index is 13.9. The molecule has 2 fully saturated rings. The van der Waals surface area contributed by atoms with Gasteiger partial charge in [0.15, 0.2) is 23.3 Å². The first-order chi connectivity index (χ1) is 22.5. The smallest absolute Gasteiger partial charge is 0.475 e. The van der Waals surface area contributed by atoms with Gasteiger partial charge in [-0.3, -0.25) is 19.3 Å². The van der Waals surface area contributed by atoms with Gasteiger partial charge >= 0.3 is 12.1 Å². The molecule has 256 valence electrons. The van der Waals surface area contributed by atoms with Gasteiger partial charge in [-0.25, -0.2) is 26.7 Å². The largest absolute Gasteiger partial charge is 0.490 e. The fourth-order valence-corrected chi connectivity index (χ4v) is 5.32. The first-order valence-electron chi connectivity index (χ1n) is 14.1. The number of benzene rings is 3. The second-order valence-corrected chi connectivity index (χ2v) is 10.8. The quantitative estimate of drug-likeness (QED) is 0.285. The lowest BCUT2D eigenvalue weighted by Gasteiger charge is -2.43.